The van der Waals surface area contributed by atoms with E-state index in [9.17, 15) is 8.42 Å². The number of nitrogens with one attached hydrogen (secondary N) is 1. The summed E-state index contributed by atoms with van der Waals surface area (Å²) in [5.41, 5.74) is 0.0870. The molecule has 0 aromatic carbocycles. The van der Waals surface area contributed by atoms with Crippen LogP contribution in [0.3, 0.4) is 0 Å². The standard InChI is InChI=1S/C14H24N2O2S2/c1-4-7-15-10-12-13(5-9-19-12)20(17,18)16-8-6-14(2,3)11-16/h5,9,15H,4,6-8,10-11H2,1-3H3. The Morgan fingerprint density at radius 2 is 2.20 bits per heavy atom. The van der Waals surface area contributed by atoms with E-state index in [1.54, 1.807) is 10.4 Å². The zero-order valence-corrected chi connectivity index (χ0v) is 14.1. The normalized spacial score (nSPS) is 19.6. The molecule has 0 amide bonds. The second-order valence-electron chi connectivity index (χ2n) is 6.14. The summed E-state index contributed by atoms with van der Waals surface area (Å²) in [7, 11) is -3.33. The highest BCUT2D eigenvalue weighted by atomic mass is 32.2. The monoisotopic (exact) mass is 316 g/mol. The maximum atomic E-state index is 12.7. The van der Waals surface area contributed by atoms with Gasteiger partial charge in [0.25, 0.3) is 0 Å². The van der Waals surface area contributed by atoms with Gasteiger partial charge in [0.1, 0.15) is 0 Å². The Morgan fingerprint density at radius 3 is 2.80 bits per heavy atom. The van der Waals surface area contributed by atoms with Gasteiger partial charge in [-0.3, -0.25) is 0 Å². The molecule has 114 valence electrons. The van der Waals surface area contributed by atoms with Crippen LogP contribution in [-0.4, -0.2) is 32.4 Å². The first-order valence-corrected chi connectivity index (χ1v) is 9.46. The first-order valence-electron chi connectivity index (χ1n) is 7.14. The lowest BCUT2D eigenvalue weighted by Gasteiger charge is -2.20. The molecule has 2 rings (SSSR count). The van der Waals surface area contributed by atoms with Gasteiger partial charge >= 0.3 is 0 Å². The number of hydrogen-bond donors (Lipinski definition) is 1. The molecule has 0 radical (unpaired) electrons. The van der Waals surface area contributed by atoms with Crippen LogP contribution in [0.4, 0.5) is 0 Å². The van der Waals surface area contributed by atoms with Gasteiger partial charge in [0.2, 0.25) is 10.0 Å². The van der Waals surface area contributed by atoms with Crippen molar-refractivity contribution in [1.29, 1.82) is 0 Å². The van der Waals surface area contributed by atoms with Crippen LogP contribution in [0, 0.1) is 5.41 Å². The molecule has 1 aromatic rings. The van der Waals surface area contributed by atoms with Crippen molar-refractivity contribution in [1.82, 2.24) is 9.62 Å². The largest absolute Gasteiger partial charge is 0.312 e. The molecular formula is C14H24N2O2S2. The van der Waals surface area contributed by atoms with Crippen molar-refractivity contribution in [3.8, 4) is 0 Å². The van der Waals surface area contributed by atoms with E-state index in [-0.39, 0.29) is 5.41 Å². The van der Waals surface area contributed by atoms with Crippen LogP contribution in [0.15, 0.2) is 16.3 Å². The number of nitrogens with zero attached hydrogens (tertiary/aromatic N) is 1. The van der Waals surface area contributed by atoms with Crippen molar-refractivity contribution in [3.05, 3.63) is 16.3 Å². The smallest absolute Gasteiger partial charge is 0.244 e. The summed E-state index contributed by atoms with van der Waals surface area (Å²) in [5.74, 6) is 0. The summed E-state index contributed by atoms with van der Waals surface area (Å²) in [4.78, 5) is 1.41. The third-order valence-corrected chi connectivity index (χ3v) is 6.66. The van der Waals surface area contributed by atoms with Crippen molar-refractivity contribution < 1.29 is 8.42 Å². The second kappa shape index (κ2) is 6.13. The Balaban J connectivity index is 2.16. The molecule has 0 aliphatic carbocycles. The molecule has 1 aromatic heterocycles. The summed E-state index contributed by atoms with van der Waals surface area (Å²) in [6.45, 7) is 9.15. The quantitative estimate of drug-likeness (QED) is 0.821. The maximum absolute atomic E-state index is 12.7. The first-order chi connectivity index (χ1) is 9.37. The third-order valence-electron chi connectivity index (χ3n) is 3.68. The van der Waals surface area contributed by atoms with E-state index in [0.717, 1.165) is 24.3 Å². The van der Waals surface area contributed by atoms with E-state index >= 15 is 0 Å². The van der Waals surface area contributed by atoms with Gasteiger partial charge in [-0.2, -0.15) is 4.31 Å². The summed E-state index contributed by atoms with van der Waals surface area (Å²) < 4.78 is 27.1. The van der Waals surface area contributed by atoms with Crippen molar-refractivity contribution in [2.75, 3.05) is 19.6 Å². The average molecular weight is 316 g/mol. The number of thiophene rings is 1. The van der Waals surface area contributed by atoms with Crippen LogP contribution < -0.4 is 5.32 Å². The van der Waals surface area contributed by atoms with Gasteiger partial charge in [-0.1, -0.05) is 20.8 Å². The highest BCUT2D eigenvalue weighted by molar-refractivity contribution is 7.89. The minimum atomic E-state index is -3.33. The number of rotatable bonds is 6. The fourth-order valence-electron chi connectivity index (χ4n) is 2.47. The molecular weight excluding hydrogens is 292 g/mol. The predicted molar refractivity (Wildman–Crippen MR) is 83.5 cm³/mol. The lowest BCUT2D eigenvalue weighted by atomic mass is 9.93. The van der Waals surface area contributed by atoms with Crippen molar-refractivity contribution >= 4 is 21.4 Å². The molecule has 20 heavy (non-hydrogen) atoms. The zero-order chi connectivity index (χ0) is 14.8. The highest BCUT2D eigenvalue weighted by Crippen LogP contribution is 2.34. The fourth-order valence-corrected chi connectivity index (χ4v) is 5.49. The van der Waals surface area contributed by atoms with Crippen molar-refractivity contribution in [3.63, 3.8) is 0 Å². The van der Waals surface area contributed by atoms with Crippen LogP contribution in [0.5, 0.6) is 0 Å². The van der Waals surface area contributed by atoms with Crippen LogP contribution in [0.1, 0.15) is 38.5 Å². The van der Waals surface area contributed by atoms with E-state index in [4.69, 9.17) is 0 Å². The predicted octanol–water partition coefficient (Wildman–Crippen LogP) is 2.67. The maximum Gasteiger partial charge on any atom is 0.244 e. The molecule has 6 heteroatoms. The van der Waals surface area contributed by atoms with Gasteiger partial charge in [0.05, 0.1) is 4.90 Å². The van der Waals surface area contributed by atoms with Gasteiger partial charge in [-0.05, 0) is 36.2 Å². The van der Waals surface area contributed by atoms with E-state index in [1.165, 1.54) is 11.3 Å². The van der Waals surface area contributed by atoms with Gasteiger partial charge < -0.3 is 5.32 Å². The Labute approximate surface area is 126 Å². The Kier molecular flexibility index (Phi) is 4.89. The molecule has 1 aliphatic rings. The van der Waals surface area contributed by atoms with E-state index in [2.05, 4.69) is 26.1 Å². The molecule has 0 atom stereocenters. The second-order valence-corrected chi connectivity index (χ2v) is 9.04. The van der Waals surface area contributed by atoms with Crippen LogP contribution >= 0.6 is 11.3 Å². The SMILES string of the molecule is CCCNCc1sccc1S(=O)(=O)N1CCC(C)(C)C1. The Bertz CT molecular complexity index is 549. The minimum Gasteiger partial charge on any atom is -0.312 e. The summed E-state index contributed by atoms with van der Waals surface area (Å²) >= 11 is 1.52. The lowest BCUT2D eigenvalue weighted by Crippen LogP contribution is -2.31. The number of sulfonamides is 1. The molecule has 1 aliphatic heterocycles. The summed E-state index contributed by atoms with van der Waals surface area (Å²) in [5, 5.41) is 5.16. The molecule has 0 unspecified atom stereocenters. The third kappa shape index (κ3) is 3.42. The van der Waals surface area contributed by atoms with Crippen molar-refractivity contribution in [2.45, 2.75) is 45.1 Å². The minimum absolute atomic E-state index is 0.0870. The van der Waals surface area contributed by atoms with E-state index in [1.807, 2.05) is 5.38 Å². The fraction of sp³-hybridized carbons (Fsp3) is 0.714. The molecule has 1 N–H and O–H groups in total. The molecule has 0 bridgehead atoms. The van der Waals surface area contributed by atoms with E-state index in [0.29, 0.717) is 24.5 Å². The average Bonchev–Trinajstić information content (AvgIpc) is 2.96. The van der Waals surface area contributed by atoms with Crippen LogP contribution in [-0.2, 0) is 16.6 Å². The summed E-state index contributed by atoms with van der Waals surface area (Å²) in [6.07, 6.45) is 1.98. The number of hydrogen-bond acceptors (Lipinski definition) is 4. The van der Waals surface area contributed by atoms with Gasteiger partial charge in [0.15, 0.2) is 0 Å². The van der Waals surface area contributed by atoms with Gasteiger partial charge in [0, 0.05) is 24.5 Å². The van der Waals surface area contributed by atoms with E-state index < -0.39 is 10.0 Å². The molecule has 1 saturated heterocycles. The van der Waals surface area contributed by atoms with Gasteiger partial charge in [-0.15, -0.1) is 11.3 Å². The molecule has 0 spiro atoms. The molecule has 0 saturated carbocycles. The lowest BCUT2D eigenvalue weighted by molar-refractivity contribution is 0.375. The Hall–Kier alpha value is -0.430. The van der Waals surface area contributed by atoms with Crippen molar-refractivity contribution in [2.24, 2.45) is 5.41 Å². The van der Waals surface area contributed by atoms with Crippen LogP contribution in [0.2, 0.25) is 0 Å². The zero-order valence-electron chi connectivity index (χ0n) is 12.5. The Morgan fingerprint density at radius 1 is 1.45 bits per heavy atom. The molecule has 2 heterocycles. The molecule has 1 fully saturated rings. The first kappa shape index (κ1) is 15.9. The highest BCUT2D eigenvalue weighted by Gasteiger charge is 2.37. The van der Waals surface area contributed by atoms with Gasteiger partial charge in [-0.25, -0.2) is 8.42 Å². The topological polar surface area (TPSA) is 49.4 Å². The molecule has 4 nitrogen and oxygen atoms in total. The summed E-state index contributed by atoms with van der Waals surface area (Å²) in [6, 6.07) is 1.74. The van der Waals surface area contributed by atoms with Crippen LogP contribution in [0.25, 0.3) is 0 Å².